The molecule has 0 aromatic heterocycles. The van der Waals surface area contributed by atoms with Crippen LogP contribution < -0.4 is 11.5 Å². The molecule has 1 aliphatic heterocycles. The van der Waals surface area contributed by atoms with Gasteiger partial charge in [-0.2, -0.15) is 0 Å². The summed E-state index contributed by atoms with van der Waals surface area (Å²) in [5.41, 5.74) is 13.4. The molecule has 4 N–H and O–H groups in total. The van der Waals surface area contributed by atoms with Crippen molar-refractivity contribution in [2.24, 2.45) is 16.6 Å². The lowest BCUT2D eigenvalue weighted by Gasteiger charge is -2.09. The Kier molecular flexibility index (Phi) is 2.41. The molecule has 0 saturated carbocycles. The first-order valence-electron chi connectivity index (χ1n) is 4.94. The first-order chi connectivity index (χ1) is 7.18. The molecule has 4 nitrogen and oxygen atoms in total. The number of hydrogen-bond acceptors (Lipinski definition) is 1. The van der Waals surface area contributed by atoms with Gasteiger partial charge in [0.05, 0.1) is 5.71 Å². The number of rotatable bonds is 1. The van der Waals surface area contributed by atoms with Crippen molar-refractivity contribution in [3.05, 3.63) is 35.9 Å². The third-order valence-electron chi connectivity index (χ3n) is 2.51. The predicted molar refractivity (Wildman–Crippen MR) is 60.6 cm³/mol. The molecule has 0 saturated heterocycles. The first-order valence-corrected chi connectivity index (χ1v) is 4.94. The van der Waals surface area contributed by atoms with Crippen LogP contribution in [-0.4, -0.2) is 16.4 Å². The summed E-state index contributed by atoms with van der Waals surface area (Å²) in [7, 11) is 0. The molecule has 0 bridgehead atoms. The van der Waals surface area contributed by atoms with Crippen LogP contribution in [-0.2, 0) is 0 Å². The maximum absolute atomic E-state index is 5.60. The Hall–Kier alpha value is -1.84. The van der Waals surface area contributed by atoms with E-state index in [0.717, 1.165) is 12.1 Å². The van der Waals surface area contributed by atoms with Gasteiger partial charge in [-0.15, -0.1) is 9.79 Å². The molecule has 0 radical (unpaired) electrons. The third-order valence-corrected chi connectivity index (χ3v) is 2.51. The monoisotopic (exact) mass is 203 g/mol. The van der Waals surface area contributed by atoms with Gasteiger partial charge in [-0.05, 0) is 12.5 Å². The van der Waals surface area contributed by atoms with Crippen LogP contribution >= 0.6 is 0 Å². The fourth-order valence-electron chi connectivity index (χ4n) is 1.83. The Morgan fingerprint density at radius 3 is 2.60 bits per heavy atom. The van der Waals surface area contributed by atoms with Crippen LogP contribution in [0.4, 0.5) is 0 Å². The standard InChI is InChI=1S/C11H14N4/c1-8-7-10(15(14-8)11(12)13)9-5-3-2-4-6-9/h2-6,10H,7H2,1H3,(H3,12,13)/p+1. The normalized spacial score (nSPS) is 20.2. The largest absolute Gasteiger partial charge is 0.365 e. The molecule has 1 atom stereocenters. The fourth-order valence-corrected chi connectivity index (χ4v) is 1.83. The van der Waals surface area contributed by atoms with Crippen molar-refractivity contribution in [3.63, 3.8) is 0 Å². The third kappa shape index (κ3) is 1.83. The second-order valence-corrected chi connectivity index (χ2v) is 3.74. The molecule has 0 spiro atoms. The molecule has 0 aliphatic carbocycles. The highest BCUT2D eigenvalue weighted by Crippen LogP contribution is 2.26. The van der Waals surface area contributed by atoms with E-state index >= 15 is 0 Å². The van der Waals surface area contributed by atoms with E-state index in [9.17, 15) is 0 Å². The summed E-state index contributed by atoms with van der Waals surface area (Å²) in [5, 5.41) is 4.31. The Labute approximate surface area is 88.9 Å². The zero-order valence-corrected chi connectivity index (χ0v) is 8.72. The van der Waals surface area contributed by atoms with Crippen LogP contribution in [0.2, 0.25) is 0 Å². The van der Waals surface area contributed by atoms with Gasteiger partial charge in [-0.1, -0.05) is 30.3 Å². The van der Waals surface area contributed by atoms with Crippen molar-refractivity contribution in [1.29, 1.82) is 0 Å². The van der Waals surface area contributed by atoms with Crippen molar-refractivity contribution in [2.75, 3.05) is 0 Å². The minimum Gasteiger partial charge on any atom is -0.289 e. The van der Waals surface area contributed by atoms with E-state index in [1.54, 1.807) is 4.68 Å². The summed E-state index contributed by atoms with van der Waals surface area (Å²) < 4.78 is 1.69. The highest BCUT2D eigenvalue weighted by atomic mass is 15.4. The number of benzene rings is 1. The predicted octanol–water partition coefficient (Wildman–Crippen LogP) is 0.793. The van der Waals surface area contributed by atoms with E-state index in [0.29, 0.717) is 0 Å². The highest BCUT2D eigenvalue weighted by Gasteiger charge is 2.27. The second-order valence-electron chi connectivity index (χ2n) is 3.74. The Bertz CT molecular complexity index is 415. The Morgan fingerprint density at radius 1 is 1.33 bits per heavy atom. The zero-order chi connectivity index (χ0) is 10.8. The van der Waals surface area contributed by atoms with Gasteiger partial charge in [0.1, 0.15) is 6.04 Å². The topological polar surface area (TPSA) is 67.4 Å². The van der Waals surface area contributed by atoms with Gasteiger partial charge in [0, 0.05) is 6.42 Å². The molecule has 15 heavy (non-hydrogen) atoms. The van der Waals surface area contributed by atoms with Gasteiger partial charge < -0.3 is 0 Å². The van der Waals surface area contributed by atoms with E-state index in [1.165, 1.54) is 5.56 Å². The Morgan fingerprint density at radius 2 is 2.00 bits per heavy atom. The van der Waals surface area contributed by atoms with E-state index in [2.05, 4.69) is 17.2 Å². The van der Waals surface area contributed by atoms with Crippen LogP contribution in [0.5, 0.6) is 0 Å². The highest BCUT2D eigenvalue weighted by molar-refractivity contribution is 5.83. The lowest BCUT2D eigenvalue weighted by atomic mass is 10.0. The quantitative estimate of drug-likeness (QED) is 0.523. The van der Waals surface area contributed by atoms with E-state index < -0.39 is 0 Å². The minimum absolute atomic E-state index is 0.149. The maximum atomic E-state index is 5.60. The number of hydrogen-bond donors (Lipinski definition) is 2. The number of nitrogens with zero attached hydrogens (tertiary/aromatic N) is 2. The van der Waals surface area contributed by atoms with E-state index in [1.807, 2.05) is 25.1 Å². The maximum Gasteiger partial charge on any atom is 0.365 e. The summed E-state index contributed by atoms with van der Waals surface area (Å²) in [5.74, 6) is 0.251. The van der Waals surface area contributed by atoms with E-state index in [4.69, 9.17) is 11.5 Å². The summed E-state index contributed by atoms with van der Waals surface area (Å²) in [6.45, 7) is 1.98. The molecule has 1 aromatic rings. The molecule has 0 amide bonds. The van der Waals surface area contributed by atoms with Crippen molar-refractivity contribution >= 4 is 11.7 Å². The van der Waals surface area contributed by atoms with Gasteiger partial charge in [0.25, 0.3) is 0 Å². The molecule has 2 rings (SSSR count). The SMILES string of the molecule is CC1=N[N+](=C(N)N)C(c2ccccc2)C1. The van der Waals surface area contributed by atoms with Crippen LogP contribution in [0, 0.1) is 0 Å². The summed E-state index contributed by atoms with van der Waals surface area (Å²) in [6.07, 6.45) is 0.877. The van der Waals surface area contributed by atoms with Crippen molar-refractivity contribution in [1.82, 2.24) is 0 Å². The summed E-state index contributed by atoms with van der Waals surface area (Å²) in [6, 6.07) is 10.3. The average Bonchev–Trinajstić information content (AvgIpc) is 2.62. The van der Waals surface area contributed by atoms with Gasteiger partial charge in [0.15, 0.2) is 0 Å². The van der Waals surface area contributed by atoms with Gasteiger partial charge in [0.2, 0.25) is 0 Å². The molecule has 1 heterocycles. The van der Waals surface area contributed by atoms with Gasteiger partial charge >= 0.3 is 5.96 Å². The van der Waals surface area contributed by atoms with Crippen LogP contribution in [0.1, 0.15) is 24.9 Å². The zero-order valence-electron chi connectivity index (χ0n) is 8.72. The number of nitrogens with two attached hydrogens (primary N) is 2. The van der Waals surface area contributed by atoms with Crippen LogP contribution in [0.15, 0.2) is 35.4 Å². The van der Waals surface area contributed by atoms with Crippen molar-refractivity contribution in [2.45, 2.75) is 19.4 Å². The molecular weight excluding hydrogens is 188 g/mol. The van der Waals surface area contributed by atoms with Crippen molar-refractivity contribution < 1.29 is 4.68 Å². The molecule has 4 heteroatoms. The van der Waals surface area contributed by atoms with Crippen LogP contribution in [0.3, 0.4) is 0 Å². The minimum atomic E-state index is 0.149. The number of guanidine groups is 1. The number of hydrazone groups is 1. The molecule has 78 valence electrons. The lowest BCUT2D eigenvalue weighted by Crippen LogP contribution is -2.33. The molecule has 1 unspecified atom stereocenters. The first kappa shape index (κ1) is 9.71. The summed E-state index contributed by atoms with van der Waals surface area (Å²) >= 11 is 0. The Balaban J connectivity index is 2.38. The van der Waals surface area contributed by atoms with Crippen LogP contribution in [0.25, 0.3) is 0 Å². The van der Waals surface area contributed by atoms with E-state index in [-0.39, 0.29) is 12.0 Å². The van der Waals surface area contributed by atoms with Gasteiger partial charge in [-0.25, -0.2) is 0 Å². The molecule has 1 aliphatic rings. The fraction of sp³-hybridized carbons (Fsp3) is 0.273. The lowest BCUT2D eigenvalue weighted by molar-refractivity contribution is -0.569. The van der Waals surface area contributed by atoms with Crippen molar-refractivity contribution in [3.8, 4) is 0 Å². The average molecular weight is 203 g/mol. The molecular formula is C11H15N4+. The smallest absolute Gasteiger partial charge is 0.289 e. The molecule has 1 aromatic carbocycles. The second kappa shape index (κ2) is 3.73. The summed E-state index contributed by atoms with van der Waals surface area (Å²) in [4.78, 5) is 0. The van der Waals surface area contributed by atoms with Gasteiger partial charge in [-0.3, -0.25) is 11.5 Å². The molecule has 0 fully saturated rings.